The van der Waals surface area contributed by atoms with Crippen LogP contribution in [0.4, 0.5) is 5.13 Å². The summed E-state index contributed by atoms with van der Waals surface area (Å²) in [6.07, 6.45) is 0. The van der Waals surface area contributed by atoms with E-state index in [2.05, 4.69) is 20.0 Å². The van der Waals surface area contributed by atoms with Crippen molar-refractivity contribution >= 4 is 49.9 Å². The molecule has 6 nitrogen and oxygen atoms in total. The minimum atomic E-state index is -0.513. The maximum absolute atomic E-state index is 12.3. The Labute approximate surface area is 140 Å². The molecule has 2 aromatic heterocycles. The van der Waals surface area contributed by atoms with Crippen molar-refractivity contribution in [2.45, 2.75) is 13.8 Å². The fourth-order valence-electron chi connectivity index (χ4n) is 2.09. The molecule has 0 fully saturated rings. The van der Waals surface area contributed by atoms with Crippen molar-refractivity contribution in [3.63, 3.8) is 0 Å². The van der Waals surface area contributed by atoms with E-state index in [-0.39, 0.29) is 11.6 Å². The molecule has 3 rings (SSSR count). The topological polar surface area (TPSA) is 81.2 Å². The lowest BCUT2D eigenvalue weighted by Gasteiger charge is -2.01. The monoisotopic (exact) mass is 347 g/mol. The van der Waals surface area contributed by atoms with Crippen molar-refractivity contribution in [2.24, 2.45) is 0 Å². The number of hydrogen-bond donors (Lipinski definition) is 1. The Balaban J connectivity index is 1.84. The van der Waals surface area contributed by atoms with E-state index in [1.165, 1.54) is 29.8 Å². The number of thiazole rings is 2. The number of carbonyl (C=O) groups is 2. The van der Waals surface area contributed by atoms with Gasteiger partial charge in [0, 0.05) is 10.4 Å². The number of methoxy groups -OCH3 is 1. The fraction of sp³-hybridized carbons (Fsp3) is 0.200. The number of hydrogen-bond acceptors (Lipinski definition) is 7. The highest BCUT2D eigenvalue weighted by Gasteiger charge is 2.17. The first-order chi connectivity index (χ1) is 11.0. The molecule has 8 heteroatoms. The molecule has 1 N–H and O–H groups in total. The minimum absolute atomic E-state index is 0.223. The number of aromatic nitrogens is 2. The van der Waals surface area contributed by atoms with Gasteiger partial charge in [0.1, 0.15) is 0 Å². The Kier molecular flexibility index (Phi) is 4.10. The van der Waals surface area contributed by atoms with Gasteiger partial charge in [-0.25, -0.2) is 14.8 Å². The molecular formula is C15H13N3O3S2. The van der Waals surface area contributed by atoms with Crippen LogP contribution in [-0.4, -0.2) is 29.0 Å². The summed E-state index contributed by atoms with van der Waals surface area (Å²) in [5.74, 6) is -0.788. The second-order valence-electron chi connectivity index (χ2n) is 4.78. The molecule has 23 heavy (non-hydrogen) atoms. The first-order valence-corrected chi connectivity index (χ1v) is 8.35. The molecule has 0 saturated heterocycles. The number of nitrogens with one attached hydrogen (secondary N) is 1. The summed E-state index contributed by atoms with van der Waals surface area (Å²) in [6.45, 7) is 3.68. The predicted octanol–water partition coefficient (Wildman–Crippen LogP) is 3.41. The van der Waals surface area contributed by atoms with Gasteiger partial charge in [-0.1, -0.05) is 0 Å². The molecule has 118 valence electrons. The maximum atomic E-state index is 12.3. The number of rotatable bonds is 3. The van der Waals surface area contributed by atoms with Gasteiger partial charge in [-0.3, -0.25) is 10.1 Å². The van der Waals surface area contributed by atoms with Crippen molar-refractivity contribution in [1.82, 2.24) is 9.97 Å². The molecule has 1 amide bonds. The van der Waals surface area contributed by atoms with Gasteiger partial charge in [0.25, 0.3) is 5.91 Å². The van der Waals surface area contributed by atoms with E-state index < -0.39 is 5.97 Å². The summed E-state index contributed by atoms with van der Waals surface area (Å²) in [5, 5.41) is 4.04. The SMILES string of the molecule is COC(=O)c1nc(NC(=O)c2ccc3nc(C)sc3c2)sc1C. The van der Waals surface area contributed by atoms with Crippen molar-refractivity contribution in [1.29, 1.82) is 0 Å². The Morgan fingerprint density at radius 1 is 1.17 bits per heavy atom. The van der Waals surface area contributed by atoms with E-state index in [9.17, 15) is 9.59 Å². The molecule has 1 aromatic carbocycles. The molecular weight excluding hydrogens is 334 g/mol. The highest BCUT2D eigenvalue weighted by atomic mass is 32.1. The number of amides is 1. The Morgan fingerprint density at radius 3 is 2.70 bits per heavy atom. The minimum Gasteiger partial charge on any atom is -0.464 e. The molecule has 0 unspecified atom stereocenters. The Bertz CT molecular complexity index is 914. The van der Waals surface area contributed by atoms with Gasteiger partial charge in [-0.2, -0.15) is 0 Å². The molecule has 3 aromatic rings. The van der Waals surface area contributed by atoms with Crippen LogP contribution in [0, 0.1) is 13.8 Å². The maximum Gasteiger partial charge on any atom is 0.357 e. The van der Waals surface area contributed by atoms with Gasteiger partial charge in [0.2, 0.25) is 0 Å². The standard InChI is InChI=1S/C15H13N3O3S2/c1-7-12(14(20)21-3)17-15(22-7)18-13(19)9-4-5-10-11(6-9)23-8(2)16-10/h4-6H,1-3H3,(H,17,18,19). The third kappa shape index (κ3) is 3.08. The Hall–Kier alpha value is -2.32. The first-order valence-electron chi connectivity index (χ1n) is 6.72. The summed E-state index contributed by atoms with van der Waals surface area (Å²) >= 11 is 2.77. The third-order valence-corrected chi connectivity index (χ3v) is 4.97. The molecule has 0 aliphatic carbocycles. The third-order valence-electron chi connectivity index (χ3n) is 3.15. The van der Waals surface area contributed by atoms with E-state index >= 15 is 0 Å². The molecule has 2 heterocycles. The average molecular weight is 347 g/mol. The molecule has 0 radical (unpaired) electrons. The van der Waals surface area contributed by atoms with Gasteiger partial charge in [-0.15, -0.1) is 22.7 Å². The summed E-state index contributed by atoms with van der Waals surface area (Å²) in [5.41, 5.74) is 1.62. The smallest absolute Gasteiger partial charge is 0.357 e. The highest BCUT2D eigenvalue weighted by molar-refractivity contribution is 7.18. The molecule has 0 spiro atoms. The number of esters is 1. The van der Waals surface area contributed by atoms with Crippen LogP contribution in [0.2, 0.25) is 0 Å². The lowest BCUT2D eigenvalue weighted by molar-refractivity contribution is 0.0594. The lowest BCUT2D eigenvalue weighted by atomic mass is 10.2. The van der Waals surface area contributed by atoms with E-state index in [1.54, 1.807) is 19.1 Å². The lowest BCUT2D eigenvalue weighted by Crippen LogP contribution is -2.12. The highest BCUT2D eigenvalue weighted by Crippen LogP contribution is 2.25. The van der Waals surface area contributed by atoms with Crippen LogP contribution < -0.4 is 5.32 Å². The van der Waals surface area contributed by atoms with Crippen molar-refractivity contribution in [3.05, 3.63) is 39.3 Å². The summed E-state index contributed by atoms with van der Waals surface area (Å²) in [7, 11) is 1.30. The number of anilines is 1. The van der Waals surface area contributed by atoms with Crippen molar-refractivity contribution in [3.8, 4) is 0 Å². The summed E-state index contributed by atoms with van der Waals surface area (Å²) < 4.78 is 5.62. The number of fused-ring (bicyclic) bond motifs is 1. The zero-order chi connectivity index (χ0) is 16.6. The zero-order valence-electron chi connectivity index (χ0n) is 12.7. The first kappa shape index (κ1) is 15.6. The Morgan fingerprint density at radius 2 is 1.96 bits per heavy atom. The van der Waals surface area contributed by atoms with Gasteiger partial charge >= 0.3 is 5.97 Å². The van der Waals surface area contributed by atoms with E-state index in [4.69, 9.17) is 0 Å². The fourth-order valence-corrected chi connectivity index (χ4v) is 3.75. The molecule has 0 bridgehead atoms. The summed E-state index contributed by atoms with van der Waals surface area (Å²) in [6, 6.07) is 5.34. The predicted molar refractivity (Wildman–Crippen MR) is 90.5 cm³/mol. The van der Waals surface area contributed by atoms with Gasteiger partial charge in [-0.05, 0) is 32.0 Å². The molecule has 0 aliphatic rings. The van der Waals surface area contributed by atoms with Gasteiger partial charge < -0.3 is 4.74 Å². The number of ether oxygens (including phenoxy) is 1. The van der Waals surface area contributed by atoms with Crippen LogP contribution in [0.5, 0.6) is 0 Å². The van der Waals surface area contributed by atoms with E-state index in [0.29, 0.717) is 15.6 Å². The second kappa shape index (κ2) is 6.05. The second-order valence-corrected chi connectivity index (χ2v) is 7.22. The van der Waals surface area contributed by atoms with E-state index in [1.807, 2.05) is 13.0 Å². The number of aryl methyl sites for hydroxylation is 2. The average Bonchev–Trinajstić information content (AvgIpc) is 3.07. The van der Waals surface area contributed by atoms with E-state index in [0.717, 1.165) is 15.2 Å². The van der Waals surface area contributed by atoms with Crippen LogP contribution in [0.15, 0.2) is 18.2 Å². The largest absolute Gasteiger partial charge is 0.464 e. The number of carbonyl (C=O) groups excluding carboxylic acids is 2. The van der Waals surface area contributed by atoms with Crippen LogP contribution in [0.1, 0.15) is 30.7 Å². The van der Waals surface area contributed by atoms with Crippen molar-refractivity contribution in [2.75, 3.05) is 12.4 Å². The normalized spacial score (nSPS) is 10.7. The van der Waals surface area contributed by atoms with Crippen LogP contribution in [-0.2, 0) is 4.74 Å². The quantitative estimate of drug-likeness (QED) is 0.734. The molecule has 0 saturated carbocycles. The van der Waals surface area contributed by atoms with Crippen molar-refractivity contribution < 1.29 is 14.3 Å². The number of nitrogens with zero attached hydrogens (tertiary/aromatic N) is 2. The van der Waals surface area contributed by atoms with Crippen LogP contribution in [0.25, 0.3) is 10.2 Å². The van der Waals surface area contributed by atoms with Crippen LogP contribution in [0.3, 0.4) is 0 Å². The zero-order valence-corrected chi connectivity index (χ0v) is 14.3. The van der Waals surface area contributed by atoms with Gasteiger partial charge in [0.05, 0.1) is 22.3 Å². The molecule has 0 aliphatic heterocycles. The number of benzene rings is 1. The molecule has 0 atom stereocenters. The van der Waals surface area contributed by atoms with Gasteiger partial charge in [0.15, 0.2) is 10.8 Å². The summed E-state index contributed by atoms with van der Waals surface area (Å²) in [4.78, 5) is 33.1. The van der Waals surface area contributed by atoms with Crippen LogP contribution >= 0.6 is 22.7 Å².